The Labute approximate surface area is 171 Å². The van der Waals surface area contributed by atoms with Crippen molar-refractivity contribution in [3.05, 3.63) is 30.0 Å². The Hall–Kier alpha value is -2.58. The molecule has 29 heavy (non-hydrogen) atoms. The van der Waals surface area contributed by atoms with Gasteiger partial charge in [0.1, 0.15) is 18.5 Å². The molecule has 0 amide bonds. The Kier molecular flexibility index (Phi) is 5.47. The van der Waals surface area contributed by atoms with Crippen LogP contribution >= 0.6 is 0 Å². The topological polar surface area (TPSA) is 91.8 Å². The van der Waals surface area contributed by atoms with E-state index < -0.39 is 6.10 Å². The highest BCUT2D eigenvalue weighted by Crippen LogP contribution is 2.52. The molecule has 2 heterocycles. The van der Waals surface area contributed by atoms with E-state index in [2.05, 4.69) is 25.5 Å². The molecule has 0 bridgehead atoms. The first-order valence-electron chi connectivity index (χ1n) is 10.0. The quantitative estimate of drug-likeness (QED) is 0.592. The van der Waals surface area contributed by atoms with Crippen LogP contribution in [-0.4, -0.2) is 66.5 Å². The smallest absolute Gasteiger partial charge is 0.229 e. The molecular formula is C21H29N5O3. The maximum Gasteiger partial charge on any atom is 0.229 e. The van der Waals surface area contributed by atoms with Gasteiger partial charge in [-0.1, -0.05) is 0 Å². The Morgan fingerprint density at radius 2 is 2.00 bits per heavy atom. The molecule has 2 aromatic rings. The molecule has 0 unspecified atom stereocenters. The van der Waals surface area contributed by atoms with Gasteiger partial charge in [0.25, 0.3) is 0 Å². The third-order valence-electron chi connectivity index (χ3n) is 5.51. The van der Waals surface area contributed by atoms with Gasteiger partial charge in [0.15, 0.2) is 11.5 Å². The third kappa shape index (κ3) is 4.71. The first-order chi connectivity index (χ1) is 14.0. The van der Waals surface area contributed by atoms with E-state index in [9.17, 15) is 5.11 Å². The van der Waals surface area contributed by atoms with Crippen LogP contribution in [0.25, 0.3) is 0 Å². The standard InChI is InChI=1S/C21H29N5O3/c1-14-8-19(22-2)25-20(23-14)24-15-4-5-17(28-3)18(9-15)29-11-16(27)10-26-12-21(13-26)6-7-21/h4-5,8-9,16,27H,6-7,10-13H2,1-3H3,(H2,22,23,24,25)/t16-/m1/s1. The predicted molar refractivity (Wildman–Crippen MR) is 112 cm³/mol. The monoisotopic (exact) mass is 399 g/mol. The van der Waals surface area contributed by atoms with E-state index >= 15 is 0 Å². The van der Waals surface area contributed by atoms with Gasteiger partial charge in [0.2, 0.25) is 5.95 Å². The molecule has 1 spiro atoms. The SMILES string of the molecule is CNc1cc(C)nc(Nc2ccc(OC)c(OC[C@H](O)CN3CC4(CC4)C3)c2)n1. The lowest BCUT2D eigenvalue weighted by atomic mass is 9.96. The lowest BCUT2D eigenvalue weighted by molar-refractivity contribution is 0.0104. The largest absolute Gasteiger partial charge is 0.493 e. The van der Waals surface area contributed by atoms with Crippen LogP contribution in [0.3, 0.4) is 0 Å². The Morgan fingerprint density at radius 1 is 1.21 bits per heavy atom. The number of benzene rings is 1. The summed E-state index contributed by atoms with van der Waals surface area (Å²) in [5.74, 6) is 2.43. The molecule has 3 N–H and O–H groups in total. The molecule has 4 rings (SSSR count). The normalized spacial score (nSPS) is 18.1. The highest BCUT2D eigenvalue weighted by molar-refractivity contribution is 5.60. The molecule has 1 aromatic heterocycles. The van der Waals surface area contributed by atoms with Crippen LogP contribution in [0.4, 0.5) is 17.5 Å². The first-order valence-corrected chi connectivity index (χ1v) is 10.0. The number of nitrogens with zero attached hydrogens (tertiary/aromatic N) is 3. The second-order valence-corrected chi connectivity index (χ2v) is 8.09. The van der Waals surface area contributed by atoms with E-state index in [1.807, 2.05) is 38.2 Å². The Morgan fingerprint density at radius 3 is 2.69 bits per heavy atom. The summed E-state index contributed by atoms with van der Waals surface area (Å²) in [6.45, 7) is 5.00. The number of aryl methyl sites for hydroxylation is 1. The Bertz CT molecular complexity index is 863. The van der Waals surface area contributed by atoms with Crippen LogP contribution in [0.2, 0.25) is 0 Å². The van der Waals surface area contributed by atoms with Gasteiger partial charge in [-0.25, -0.2) is 4.98 Å². The molecule has 2 fully saturated rings. The molecule has 1 saturated heterocycles. The van der Waals surface area contributed by atoms with E-state index in [1.165, 1.54) is 12.8 Å². The van der Waals surface area contributed by atoms with E-state index in [-0.39, 0.29) is 6.61 Å². The molecule has 8 heteroatoms. The average Bonchev–Trinajstić information content (AvgIpc) is 3.46. The van der Waals surface area contributed by atoms with Crippen molar-refractivity contribution in [1.29, 1.82) is 0 Å². The first kappa shape index (κ1) is 19.7. The minimum absolute atomic E-state index is 0.216. The summed E-state index contributed by atoms with van der Waals surface area (Å²) < 4.78 is 11.3. The molecular weight excluding hydrogens is 370 g/mol. The summed E-state index contributed by atoms with van der Waals surface area (Å²) in [5, 5.41) is 16.6. The van der Waals surface area contributed by atoms with Gasteiger partial charge in [0.05, 0.1) is 7.11 Å². The lowest BCUT2D eigenvalue weighted by Crippen LogP contribution is -2.51. The summed E-state index contributed by atoms with van der Waals surface area (Å²) in [6.07, 6.45) is 2.15. The zero-order valence-electron chi connectivity index (χ0n) is 17.2. The van der Waals surface area contributed by atoms with Gasteiger partial charge >= 0.3 is 0 Å². The van der Waals surface area contributed by atoms with Gasteiger partial charge in [0, 0.05) is 50.2 Å². The number of rotatable bonds is 9. The number of aliphatic hydroxyl groups is 1. The fourth-order valence-electron chi connectivity index (χ4n) is 3.81. The van der Waals surface area contributed by atoms with Crippen LogP contribution in [0, 0.1) is 12.3 Å². The van der Waals surface area contributed by atoms with Crippen molar-refractivity contribution in [3.8, 4) is 11.5 Å². The van der Waals surface area contributed by atoms with Crippen molar-refractivity contribution in [2.24, 2.45) is 5.41 Å². The number of nitrogens with one attached hydrogen (secondary N) is 2. The third-order valence-corrected chi connectivity index (χ3v) is 5.51. The molecule has 1 aliphatic carbocycles. The summed E-state index contributed by atoms with van der Waals surface area (Å²) >= 11 is 0. The molecule has 8 nitrogen and oxygen atoms in total. The zero-order valence-corrected chi connectivity index (χ0v) is 17.2. The highest BCUT2D eigenvalue weighted by Gasteiger charge is 2.52. The second-order valence-electron chi connectivity index (χ2n) is 8.09. The number of β-amino-alcohol motifs (C(OH)–C–C–N with tert-alkyl or cyclic N) is 1. The van der Waals surface area contributed by atoms with Crippen LogP contribution in [0.5, 0.6) is 11.5 Å². The fraction of sp³-hybridized carbons (Fsp3) is 0.524. The fourth-order valence-corrected chi connectivity index (χ4v) is 3.81. The van der Waals surface area contributed by atoms with Crippen molar-refractivity contribution in [1.82, 2.24) is 14.9 Å². The van der Waals surface area contributed by atoms with E-state index in [0.717, 1.165) is 30.3 Å². The van der Waals surface area contributed by atoms with Crippen molar-refractivity contribution in [3.63, 3.8) is 0 Å². The Balaban J connectivity index is 1.37. The number of hydrogen-bond acceptors (Lipinski definition) is 8. The number of hydrogen-bond donors (Lipinski definition) is 3. The van der Waals surface area contributed by atoms with Crippen LogP contribution < -0.4 is 20.1 Å². The summed E-state index contributed by atoms with van der Waals surface area (Å²) in [5.41, 5.74) is 2.23. The number of ether oxygens (including phenoxy) is 2. The molecule has 1 saturated carbocycles. The highest BCUT2D eigenvalue weighted by atomic mass is 16.5. The number of likely N-dealkylation sites (tertiary alicyclic amines) is 1. The number of aromatic nitrogens is 2. The van der Waals surface area contributed by atoms with Crippen molar-refractivity contribution >= 4 is 17.5 Å². The molecule has 1 aliphatic heterocycles. The maximum absolute atomic E-state index is 10.3. The van der Waals surface area contributed by atoms with Gasteiger partial charge in [-0.05, 0) is 37.3 Å². The number of anilines is 3. The van der Waals surface area contributed by atoms with Crippen LogP contribution in [0.15, 0.2) is 24.3 Å². The minimum atomic E-state index is -0.536. The van der Waals surface area contributed by atoms with Crippen LogP contribution in [0.1, 0.15) is 18.5 Å². The van der Waals surface area contributed by atoms with E-state index in [1.54, 1.807) is 7.11 Å². The lowest BCUT2D eigenvalue weighted by Gasteiger charge is -2.40. The molecule has 1 atom stereocenters. The molecule has 1 aromatic carbocycles. The summed E-state index contributed by atoms with van der Waals surface area (Å²) in [4.78, 5) is 11.1. The van der Waals surface area contributed by atoms with Crippen molar-refractivity contribution in [2.75, 3.05) is 51.0 Å². The molecule has 2 aliphatic rings. The van der Waals surface area contributed by atoms with Crippen LogP contribution in [-0.2, 0) is 0 Å². The second kappa shape index (κ2) is 8.04. The van der Waals surface area contributed by atoms with Crippen molar-refractivity contribution in [2.45, 2.75) is 25.9 Å². The van der Waals surface area contributed by atoms with Gasteiger partial charge in [-0.2, -0.15) is 4.98 Å². The molecule has 0 radical (unpaired) electrons. The van der Waals surface area contributed by atoms with Gasteiger partial charge in [-0.15, -0.1) is 0 Å². The van der Waals surface area contributed by atoms with E-state index in [4.69, 9.17) is 9.47 Å². The summed E-state index contributed by atoms with van der Waals surface area (Å²) in [6, 6.07) is 7.41. The average molecular weight is 399 g/mol. The van der Waals surface area contributed by atoms with Gasteiger partial charge < -0.3 is 25.2 Å². The van der Waals surface area contributed by atoms with E-state index in [0.29, 0.717) is 29.4 Å². The molecule has 156 valence electrons. The summed E-state index contributed by atoms with van der Waals surface area (Å²) in [7, 11) is 3.42. The van der Waals surface area contributed by atoms with Gasteiger partial charge in [-0.3, -0.25) is 4.90 Å². The number of aliphatic hydroxyl groups excluding tert-OH is 1. The van der Waals surface area contributed by atoms with Crippen molar-refractivity contribution < 1.29 is 14.6 Å². The zero-order chi connectivity index (χ0) is 20.4. The minimum Gasteiger partial charge on any atom is -0.493 e. The predicted octanol–water partition coefficient (Wildman–Crippen LogP) is 2.41. The number of methoxy groups -OCH3 is 1. The maximum atomic E-state index is 10.3.